The highest BCUT2D eigenvalue weighted by atomic mass is 79.9. The zero-order valence-electron chi connectivity index (χ0n) is 8.08. The quantitative estimate of drug-likeness (QED) is 0.715. The zero-order chi connectivity index (χ0) is 11.5. The molecule has 0 amide bonds. The van der Waals surface area contributed by atoms with Crippen LogP contribution in [-0.4, -0.2) is 0 Å². The fourth-order valence-electron chi connectivity index (χ4n) is 1.19. The molecule has 0 nitrogen and oxygen atoms in total. The number of hydrogen-bond donors (Lipinski definition) is 0. The van der Waals surface area contributed by atoms with Gasteiger partial charge < -0.3 is 0 Å². The van der Waals surface area contributed by atoms with Crippen LogP contribution in [0.5, 0.6) is 0 Å². The van der Waals surface area contributed by atoms with Gasteiger partial charge in [0.1, 0.15) is 5.82 Å². The highest BCUT2D eigenvalue weighted by molar-refractivity contribution is 9.10. The summed E-state index contributed by atoms with van der Waals surface area (Å²) in [6, 6.07) is 12.4. The standard InChI is InChI=1S/C12H7BrClFS/c13-8-1-4-10(5-2-8)16-12-6-3-9(14)7-11(12)15/h1-7H. The van der Waals surface area contributed by atoms with Crippen molar-refractivity contribution in [2.45, 2.75) is 9.79 Å². The molecule has 0 radical (unpaired) electrons. The van der Waals surface area contributed by atoms with E-state index in [9.17, 15) is 4.39 Å². The Hall–Kier alpha value is -0.510. The van der Waals surface area contributed by atoms with Crippen LogP contribution in [0, 0.1) is 5.82 Å². The normalized spacial score (nSPS) is 10.4. The molecule has 0 aliphatic rings. The van der Waals surface area contributed by atoms with Crippen LogP contribution in [0.1, 0.15) is 0 Å². The third-order valence-electron chi connectivity index (χ3n) is 1.94. The smallest absolute Gasteiger partial charge is 0.138 e. The van der Waals surface area contributed by atoms with E-state index in [0.717, 1.165) is 9.37 Å². The maximum absolute atomic E-state index is 13.5. The van der Waals surface area contributed by atoms with Crippen molar-refractivity contribution in [3.8, 4) is 0 Å². The van der Waals surface area contributed by atoms with Gasteiger partial charge in [-0.25, -0.2) is 4.39 Å². The first kappa shape index (κ1) is 12.0. The molecular formula is C12H7BrClFS. The average Bonchev–Trinajstić information content (AvgIpc) is 2.25. The van der Waals surface area contributed by atoms with Gasteiger partial charge in [0.25, 0.3) is 0 Å². The molecule has 0 unspecified atom stereocenters. The molecule has 2 aromatic carbocycles. The van der Waals surface area contributed by atoms with Crippen LogP contribution in [0.15, 0.2) is 56.7 Å². The molecule has 2 rings (SSSR count). The van der Waals surface area contributed by atoms with Crippen molar-refractivity contribution in [2.24, 2.45) is 0 Å². The molecule has 0 N–H and O–H groups in total. The summed E-state index contributed by atoms with van der Waals surface area (Å²) in [4.78, 5) is 1.57. The lowest BCUT2D eigenvalue weighted by molar-refractivity contribution is 0.602. The van der Waals surface area contributed by atoms with E-state index in [1.165, 1.54) is 17.8 Å². The second-order valence-electron chi connectivity index (χ2n) is 3.13. The molecule has 0 atom stereocenters. The molecule has 0 saturated carbocycles. The van der Waals surface area contributed by atoms with Crippen LogP contribution in [0.4, 0.5) is 4.39 Å². The minimum Gasteiger partial charge on any atom is -0.206 e. The van der Waals surface area contributed by atoms with Gasteiger partial charge in [-0.3, -0.25) is 0 Å². The summed E-state index contributed by atoms with van der Waals surface area (Å²) >= 11 is 10.4. The summed E-state index contributed by atoms with van der Waals surface area (Å²) in [5, 5.41) is 0.414. The van der Waals surface area contributed by atoms with Gasteiger partial charge >= 0.3 is 0 Å². The molecule has 0 bridgehead atoms. The molecule has 0 aromatic heterocycles. The van der Waals surface area contributed by atoms with Gasteiger partial charge in [-0.2, -0.15) is 0 Å². The molecule has 16 heavy (non-hydrogen) atoms. The molecular weight excluding hydrogens is 311 g/mol. The summed E-state index contributed by atoms with van der Waals surface area (Å²) in [6.45, 7) is 0. The molecule has 82 valence electrons. The topological polar surface area (TPSA) is 0 Å². The molecule has 0 saturated heterocycles. The predicted molar refractivity (Wildman–Crippen MR) is 69.7 cm³/mol. The maximum atomic E-state index is 13.5. The molecule has 4 heteroatoms. The lowest BCUT2D eigenvalue weighted by atomic mass is 10.3. The van der Waals surface area contributed by atoms with Crippen LogP contribution < -0.4 is 0 Å². The second-order valence-corrected chi connectivity index (χ2v) is 5.60. The number of benzene rings is 2. The van der Waals surface area contributed by atoms with E-state index in [1.54, 1.807) is 12.1 Å². The van der Waals surface area contributed by atoms with Crippen LogP contribution in [0.3, 0.4) is 0 Å². The Labute approximate surface area is 111 Å². The van der Waals surface area contributed by atoms with Crippen molar-refractivity contribution in [3.63, 3.8) is 0 Å². The Morgan fingerprint density at radius 1 is 1.06 bits per heavy atom. The third kappa shape index (κ3) is 3.00. The van der Waals surface area contributed by atoms with Crippen molar-refractivity contribution in [1.82, 2.24) is 0 Å². The van der Waals surface area contributed by atoms with Gasteiger partial charge in [-0.15, -0.1) is 0 Å². The molecule has 0 fully saturated rings. The van der Waals surface area contributed by atoms with Crippen LogP contribution in [-0.2, 0) is 0 Å². The third-order valence-corrected chi connectivity index (χ3v) is 3.76. The lowest BCUT2D eigenvalue weighted by Crippen LogP contribution is -1.80. The van der Waals surface area contributed by atoms with Crippen molar-refractivity contribution in [2.75, 3.05) is 0 Å². The zero-order valence-corrected chi connectivity index (χ0v) is 11.2. The largest absolute Gasteiger partial charge is 0.206 e. The summed E-state index contributed by atoms with van der Waals surface area (Å²) in [7, 11) is 0. The lowest BCUT2D eigenvalue weighted by Gasteiger charge is -2.03. The first-order valence-electron chi connectivity index (χ1n) is 4.53. The van der Waals surface area contributed by atoms with Gasteiger partial charge in [-0.1, -0.05) is 39.3 Å². The van der Waals surface area contributed by atoms with Crippen molar-refractivity contribution >= 4 is 39.3 Å². The van der Waals surface area contributed by atoms with E-state index in [1.807, 2.05) is 24.3 Å². The van der Waals surface area contributed by atoms with E-state index in [4.69, 9.17) is 11.6 Å². The monoisotopic (exact) mass is 316 g/mol. The van der Waals surface area contributed by atoms with Crippen molar-refractivity contribution < 1.29 is 4.39 Å². The SMILES string of the molecule is Fc1cc(Cl)ccc1Sc1ccc(Br)cc1. The Bertz CT molecular complexity index is 499. The van der Waals surface area contributed by atoms with E-state index < -0.39 is 0 Å². The summed E-state index contributed by atoms with van der Waals surface area (Å²) in [5.74, 6) is -0.291. The van der Waals surface area contributed by atoms with Crippen LogP contribution >= 0.6 is 39.3 Å². The minimum atomic E-state index is -0.291. The second kappa shape index (κ2) is 5.21. The first-order valence-corrected chi connectivity index (χ1v) is 6.52. The van der Waals surface area contributed by atoms with Gasteiger partial charge in [0.15, 0.2) is 0 Å². The Morgan fingerprint density at radius 3 is 2.38 bits per heavy atom. The summed E-state index contributed by atoms with van der Waals surface area (Å²) < 4.78 is 14.5. The fraction of sp³-hybridized carbons (Fsp3) is 0. The van der Waals surface area contributed by atoms with E-state index in [-0.39, 0.29) is 5.82 Å². The highest BCUT2D eigenvalue weighted by Gasteiger charge is 2.04. The summed E-state index contributed by atoms with van der Waals surface area (Å²) in [5.41, 5.74) is 0. The van der Waals surface area contributed by atoms with E-state index in [0.29, 0.717) is 9.92 Å². The van der Waals surface area contributed by atoms with E-state index in [2.05, 4.69) is 15.9 Å². The van der Waals surface area contributed by atoms with Crippen LogP contribution in [0.25, 0.3) is 0 Å². The fourth-order valence-corrected chi connectivity index (χ4v) is 2.43. The van der Waals surface area contributed by atoms with E-state index >= 15 is 0 Å². The van der Waals surface area contributed by atoms with Gasteiger partial charge in [-0.05, 0) is 42.5 Å². The van der Waals surface area contributed by atoms with Crippen LogP contribution in [0.2, 0.25) is 5.02 Å². The molecule has 0 spiro atoms. The van der Waals surface area contributed by atoms with Gasteiger partial charge in [0.05, 0.1) is 0 Å². The molecule has 0 aliphatic carbocycles. The Kier molecular flexibility index (Phi) is 3.90. The van der Waals surface area contributed by atoms with Crippen molar-refractivity contribution in [3.05, 3.63) is 57.8 Å². The average molecular weight is 318 g/mol. The Balaban J connectivity index is 2.23. The van der Waals surface area contributed by atoms with Gasteiger partial charge in [0.2, 0.25) is 0 Å². The number of hydrogen-bond acceptors (Lipinski definition) is 1. The highest BCUT2D eigenvalue weighted by Crippen LogP contribution is 2.31. The number of halogens is 3. The first-order chi connectivity index (χ1) is 7.65. The molecule has 2 aromatic rings. The summed E-state index contributed by atoms with van der Waals surface area (Å²) in [6.07, 6.45) is 0. The Morgan fingerprint density at radius 2 is 1.75 bits per heavy atom. The molecule has 0 heterocycles. The predicted octanol–water partition coefficient (Wildman–Crippen LogP) is 5.39. The van der Waals surface area contributed by atoms with Gasteiger partial charge in [0, 0.05) is 19.3 Å². The van der Waals surface area contributed by atoms with Crippen molar-refractivity contribution in [1.29, 1.82) is 0 Å². The molecule has 0 aliphatic heterocycles. The maximum Gasteiger partial charge on any atom is 0.138 e. The number of rotatable bonds is 2. The minimum absolute atomic E-state index is 0.291.